The normalized spacial score (nSPS) is 10.1. The predicted molar refractivity (Wildman–Crippen MR) is 69.1 cm³/mol. The van der Waals surface area contributed by atoms with Gasteiger partial charge < -0.3 is 5.32 Å². The number of aryl methyl sites for hydroxylation is 1. The van der Waals surface area contributed by atoms with E-state index in [2.05, 4.69) is 15.8 Å². The summed E-state index contributed by atoms with van der Waals surface area (Å²) in [5.74, 6) is 0.629. The van der Waals surface area contributed by atoms with Crippen LogP contribution in [0.4, 0.5) is 17.2 Å². The van der Waals surface area contributed by atoms with Crippen molar-refractivity contribution in [3.63, 3.8) is 0 Å². The summed E-state index contributed by atoms with van der Waals surface area (Å²) in [5.41, 5.74) is 4.51. The van der Waals surface area contributed by atoms with Gasteiger partial charge in [-0.2, -0.15) is 0 Å². The summed E-state index contributed by atoms with van der Waals surface area (Å²) in [5, 5.41) is 12.6. The van der Waals surface area contributed by atoms with Gasteiger partial charge in [-0.1, -0.05) is 17.7 Å². The van der Waals surface area contributed by atoms with Crippen molar-refractivity contribution >= 4 is 28.8 Å². The maximum atomic E-state index is 8.78. The molecule has 1 aromatic heterocycles. The average molecular weight is 250 g/mol. The Hall–Kier alpha value is -1.78. The summed E-state index contributed by atoms with van der Waals surface area (Å²) in [6.45, 7) is 1.95. The van der Waals surface area contributed by atoms with E-state index in [9.17, 15) is 0 Å². The molecule has 0 fully saturated rings. The largest absolute Gasteiger partial charge is 0.340 e. The van der Waals surface area contributed by atoms with E-state index in [0.717, 1.165) is 11.3 Å². The van der Waals surface area contributed by atoms with Crippen molar-refractivity contribution in [2.24, 2.45) is 0 Å². The Bertz CT molecular complexity index is 531. The van der Waals surface area contributed by atoms with Crippen LogP contribution in [0.3, 0.4) is 0 Å². The Labute approximate surface area is 104 Å². The van der Waals surface area contributed by atoms with Crippen LogP contribution in [0.2, 0.25) is 5.02 Å². The van der Waals surface area contributed by atoms with Gasteiger partial charge >= 0.3 is 0 Å². The van der Waals surface area contributed by atoms with E-state index < -0.39 is 0 Å². The molecule has 5 heteroatoms. The van der Waals surface area contributed by atoms with Crippen molar-refractivity contribution in [3.8, 4) is 0 Å². The first-order chi connectivity index (χ1) is 8.19. The number of pyridine rings is 1. The third-order valence-corrected chi connectivity index (χ3v) is 2.74. The van der Waals surface area contributed by atoms with Crippen LogP contribution in [-0.4, -0.2) is 10.2 Å². The fourth-order valence-electron chi connectivity index (χ4n) is 1.39. The standard InChI is InChI=1S/C12H12ClN3O/c1-8-2-3-9(6-11(8)13)15-12-7-10(16-17)4-5-14-12/h2-7,17H,1H3,(H2,14,15,16). The fraction of sp³-hybridized carbons (Fsp3) is 0.0833. The third-order valence-electron chi connectivity index (χ3n) is 2.33. The van der Waals surface area contributed by atoms with E-state index >= 15 is 0 Å². The molecule has 0 atom stereocenters. The number of hydrogen-bond acceptors (Lipinski definition) is 4. The van der Waals surface area contributed by atoms with E-state index in [0.29, 0.717) is 16.5 Å². The maximum Gasteiger partial charge on any atom is 0.132 e. The third kappa shape index (κ3) is 2.87. The highest BCUT2D eigenvalue weighted by Gasteiger charge is 2.00. The van der Waals surface area contributed by atoms with Crippen molar-refractivity contribution in [2.75, 3.05) is 10.8 Å². The van der Waals surface area contributed by atoms with Crippen molar-refractivity contribution in [1.29, 1.82) is 0 Å². The zero-order chi connectivity index (χ0) is 12.3. The molecular weight excluding hydrogens is 238 g/mol. The van der Waals surface area contributed by atoms with Gasteiger partial charge in [0.1, 0.15) is 5.82 Å². The van der Waals surface area contributed by atoms with Gasteiger partial charge in [0.05, 0.1) is 5.69 Å². The Balaban J connectivity index is 2.22. The van der Waals surface area contributed by atoms with Crippen LogP contribution in [0.25, 0.3) is 0 Å². The first kappa shape index (κ1) is 11.7. The van der Waals surface area contributed by atoms with Gasteiger partial charge in [-0.25, -0.2) is 4.98 Å². The molecule has 0 amide bonds. The number of aromatic nitrogens is 1. The minimum absolute atomic E-state index is 0.570. The highest BCUT2D eigenvalue weighted by Crippen LogP contribution is 2.23. The number of nitrogens with one attached hydrogen (secondary N) is 2. The minimum Gasteiger partial charge on any atom is -0.340 e. The molecule has 1 aromatic carbocycles. The van der Waals surface area contributed by atoms with Crippen LogP contribution < -0.4 is 10.8 Å². The quantitative estimate of drug-likeness (QED) is 0.728. The van der Waals surface area contributed by atoms with Crippen LogP contribution in [0.5, 0.6) is 0 Å². The van der Waals surface area contributed by atoms with Crippen LogP contribution in [0.15, 0.2) is 36.5 Å². The van der Waals surface area contributed by atoms with Crippen molar-refractivity contribution in [1.82, 2.24) is 4.98 Å². The molecule has 0 saturated heterocycles. The monoisotopic (exact) mass is 249 g/mol. The second-order valence-corrected chi connectivity index (χ2v) is 4.04. The molecule has 0 spiro atoms. The molecule has 0 unspecified atom stereocenters. The van der Waals surface area contributed by atoms with Gasteiger partial charge in [0.25, 0.3) is 0 Å². The number of halogens is 1. The second kappa shape index (κ2) is 5.03. The lowest BCUT2D eigenvalue weighted by Gasteiger charge is -2.08. The fourth-order valence-corrected chi connectivity index (χ4v) is 1.57. The number of nitrogens with zero attached hydrogens (tertiary/aromatic N) is 1. The topological polar surface area (TPSA) is 57.2 Å². The van der Waals surface area contributed by atoms with Crippen molar-refractivity contribution in [3.05, 3.63) is 47.1 Å². The van der Waals surface area contributed by atoms with E-state index in [-0.39, 0.29) is 0 Å². The molecule has 2 aromatic rings. The lowest BCUT2D eigenvalue weighted by Crippen LogP contribution is -1.96. The Morgan fingerprint density at radius 2 is 2.00 bits per heavy atom. The highest BCUT2D eigenvalue weighted by atomic mass is 35.5. The smallest absolute Gasteiger partial charge is 0.132 e. The van der Waals surface area contributed by atoms with Gasteiger partial charge in [0.2, 0.25) is 0 Å². The SMILES string of the molecule is Cc1ccc(Nc2cc(NO)ccn2)cc1Cl. The van der Waals surface area contributed by atoms with Crippen LogP contribution in [0.1, 0.15) is 5.56 Å². The number of anilines is 3. The molecule has 0 aliphatic carbocycles. The number of rotatable bonds is 3. The lowest BCUT2D eigenvalue weighted by molar-refractivity contribution is 0.389. The summed E-state index contributed by atoms with van der Waals surface area (Å²) in [7, 11) is 0. The van der Waals surface area contributed by atoms with Crippen LogP contribution in [0, 0.1) is 6.92 Å². The predicted octanol–water partition coefficient (Wildman–Crippen LogP) is 3.59. The first-order valence-corrected chi connectivity index (χ1v) is 5.46. The second-order valence-electron chi connectivity index (χ2n) is 3.63. The summed E-state index contributed by atoms with van der Waals surface area (Å²) < 4.78 is 0. The molecule has 0 aliphatic rings. The first-order valence-electron chi connectivity index (χ1n) is 5.08. The van der Waals surface area contributed by atoms with Crippen LogP contribution in [-0.2, 0) is 0 Å². The Morgan fingerprint density at radius 1 is 1.18 bits per heavy atom. The van der Waals surface area contributed by atoms with Crippen molar-refractivity contribution < 1.29 is 5.21 Å². The van der Waals surface area contributed by atoms with E-state index in [1.807, 2.05) is 25.1 Å². The lowest BCUT2D eigenvalue weighted by atomic mass is 10.2. The zero-order valence-corrected chi connectivity index (χ0v) is 9.99. The maximum absolute atomic E-state index is 8.78. The van der Waals surface area contributed by atoms with E-state index in [1.165, 1.54) is 0 Å². The van der Waals surface area contributed by atoms with Gasteiger partial charge in [0.15, 0.2) is 0 Å². The molecule has 1 heterocycles. The molecular formula is C12H12ClN3O. The van der Waals surface area contributed by atoms with Crippen LogP contribution >= 0.6 is 11.6 Å². The number of benzene rings is 1. The highest BCUT2D eigenvalue weighted by molar-refractivity contribution is 6.31. The molecule has 3 N–H and O–H groups in total. The molecule has 0 bridgehead atoms. The molecule has 0 radical (unpaired) electrons. The van der Waals surface area contributed by atoms with E-state index in [1.54, 1.807) is 18.3 Å². The molecule has 17 heavy (non-hydrogen) atoms. The average Bonchev–Trinajstić information content (AvgIpc) is 2.34. The van der Waals surface area contributed by atoms with Gasteiger partial charge in [0, 0.05) is 23.0 Å². The van der Waals surface area contributed by atoms with Gasteiger partial charge in [-0.3, -0.25) is 10.7 Å². The minimum atomic E-state index is 0.570. The molecule has 0 saturated carbocycles. The molecule has 88 valence electrons. The van der Waals surface area contributed by atoms with Gasteiger partial charge in [-0.05, 0) is 30.7 Å². The summed E-state index contributed by atoms with van der Waals surface area (Å²) in [6.07, 6.45) is 1.59. The molecule has 0 aliphatic heterocycles. The summed E-state index contributed by atoms with van der Waals surface area (Å²) in [6, 6.07) is 9.03. The van der Waals surface area contributed by atoms with Gasteiger partial charge in [-0.15, -0.1) is 0 Å². The zero-order valence-electron chi connectivity index (χ0n) is 9.24. The molecule has 2 rings (SSSR count). The molecule has 4 nitrogen and oxygen atoms in total. The van der Waals surface area contributed by atoms with E-state index in [4.69, 9.17) is 16.8 Å². The Morgan fingerprint density at radius 3 is 2.71 bits per heavy atom. The summed E-state index contributed by atoms with van der Waals surface area (Å²) >= 11 is 6.03. The number of hydrogen-bond donors (Lipinski definition) is 3. The van der Waals surface area contributed by atoms with Crippen molar-refractivity contribution in [2.45, 2.75) is 6.92 Å². The summed E-state index contributed by atoms with van der Waals surface area (Å²) in [4.78, 5) is 4.13. The Kier molecular flexibility index (Phi) is 3.46.